The van der Waals surface area contributed by atoms with E-state index in [2.05, 4.69) is 209 Å². The van der Waals surface area contributed by atoms with Gasteiger partial charge in [-0.2, -0.15) is 12.6 Å². The van der Waals surface area contributed by atoms with E-state index in [0.29, 0.717) is 37.7 Å². The summed E-state index contributed by atoms with van der Waals surface area (Å²) >= 11 is 8.03. The number of hydrogen-bond acceptors (Lipinski definition) is 12. The van der Waals surface area contributed by atoms with Crippen LogP contribution in [-0.2, 0) is 55.5 Å². The van der Waals surface area contributed by atoms with E-state index in [-0.39, 0.29) is 111 Å². The molecule has 0 radical (unpaired) electrons. The second-order valence-electron chi connectivity index (χ2n) is 26.8. The molecule has 1 N–H and O–H groups in total. The van der Waals surface area contributed by atoms with Gasteiger partial charge in [-0.15, -0.1) is 47.2 Å². The van der Waals surface area contributed by atoms with Gasteiger partial charge < -0.3 is 50.6 Å². The minimum absolute atomic E-state index is 0. The summed E-state index contributed by atoms with van der Waals surface area (Å²) in [7, 11) is -1.29. The number of terminal acetylenes is 1. The molecule has 3 aliphatic carbocycles. The molecule has 1 aliphatic heterocycles. The Hall–Kier alpha value is -2.36. The van der Waals surface area contributed by atoms with Crippen LogP contribution in [0, 0.1) is 108 Å². The maximum atomic E-state index is 12.6. The number of halogens is 4. The fourth-order valence-electron chi connectivity index (χ4n) is 9.10. The summed E-state index contributed by atoms with van der Waals surface area (Å²) in [6.07, 6.45) is 16.4. The number of hydrogen-bond donors (Lipinski definition) is 2. The van der Waals surface area contributed by atoms with Gasteiger partial charge in [0.25, 0.3) is 0 Å². The molecule has 0 bridgehead atoms. The van der Waals surface area contributed by atoms with E-state index >= 15 is 0 Å². The summed E-state index contributed by atoms with van der Waals surface area (Å²) in [4.78, 5) is 71.0. The van der Waals surface area contributed by atoms with Gasteiger partial charge in [0.05, 0.1) is 32.5 Å². The Bertz CT molecular complexity index is 2840. The molecule has 1 aromatic rings. The predicted octanol–water partition coefficient (Wildman–Crippen LogP) is 13.2. The molecule has 11 nitrogen and oxygen atoms in total. The second kappa shape index (κ2) is 45.1. The topological polar surface area (TPSA) is 160 Å². The van der Waals surface area contributed by atoms with Crippen LogP contribution < -0.4 is 17.0 Å². The van der Waals surface area contributed by atoms with E-state index in [4.69, 9.17) is 19.0 Å². The SMILES string of the molecule is C#C[C@@]1(C(=O)OC)C(=O)CCC(C)(C)[C@@H]1CCC#C[Si](C)(C)C.COC(=O)C1=C(O)CCC(C)(C)C1CCC#C[Si](C)(C)C.COC(=O)C1=CC(C)(C)CCC1=O.CS.C[Si](C)(C)C#CI1OC(=O)c2ccccc21.F.[Br-].[CH2-]CC#C[Si](C)(C)C.[CH3-].[Cu+][Br].[HH].[Mg+2]. The number of carbonyl (C=O) groups is 6. The van der Waals surface area contributed by atoms with Crippen molar-refractivity contribution >= 4 is 138 Å². The Morgan fingerprint density at radius 3 is 1.64 bits per heavy atom. The van der Waals surface area contributed by atoms with E-state index < -0.39 is 75.9 Å². The number of methoxy groups -OCH3 is 3. The van der Waals surface area contributed by atoms with Crippen LogP contribution >= 0.6 is 47.0 Å². The van der Waals surface area contributed by atoms with Gasteiger partial charge in [-0.3, -0.25) is 14.3 Å². The smallest absolute Gasteiger partial charge is 0 e. The van der Waals surface area contributed by atoms with Gasteiger partial charge in [0.2, 0.25) is 0 Å². The van der Waals surface area contributed by atoms with Gasteiger partial charge in [-0.25, -0.2) is 14.4 Å². The summed E-state index contributed by atoms with van der Waals surface area (Å²) in [5.74, 6) is 9.96. The fourth-order valence-corrected chi connectivity index (χ4v) is 17.3. The van der Waals surface area contributed by atoms with Crippen molar-refractivity contribution < 1.29 is 88.5 Å². The van der Waals surface area contributed by atoms with E-state index in [1.54, 1.807) is 12.3 Å². The van der Waals surface area contributed by atoms with E-state index in [0.717, 1.165) is 47.7 Å². The third kappa shape index (κ3) is 35.6. The number of carbonyl (C=O) groups excluding carboxylic acids is 6. The minimum Gasteiger partial charge on any atom is 0 e. The number of fused-ring (bicyclic) bond motifs is 1. The van der Waals surface area contributed by atoms with Crippen LogP contribution in [0.1, 0.15) is 124 Å². The molecular weight excluding hydrogens is 1520 g/mol. The van der Waals surface area contributed by atoms with Crippen LogP contribution in [-0.4, -0.2) is 123 Å². The standard InChI is InChI=1S/C19H28O3Si.C17H28O3Si.C12H13IO2Si.C10H14O3.C7H13Si.CH4S.CH3.2BrH.Cu.FH.Mg.H2/c1-8-19(17(21)22-4)15(11-9-10-14-23(5,6)7)18(2,3)13-12-16(19)20;1-17(2)11-10-14(18)15(16(19)20-3)13(17)9-7-8-12-21(4,5)6;1-16(2,3)9-8-13-11-7-5-4-6-10(11)12(14)15-13;1-10(2)5-4-8(11)7(6-10)9(12)13-3;1-5-6-7-8(2,3)4;1-2;;;;;;;/h1,15H,9,11-13H2,2-7H3;13,18H,7,9-11H2,1-6H3;4-7H,1-3H3;6H,4-5H2,1-3H3;1,5H2,2-4H3;2H,1H3;1H3;2*1H;;1H;;1H/q;;;;-1;;-1;;;+2;;+2;/p-2/t15-,19-;;;;;;;;;;;;/m0............/s1. The average molecular weight is 1630 g/mol. The summed E-state index contributed by atoms with van der Waals surface area (Å²) in [6.45, 7) is 42.6. The maximum absolute atomic E-state index is 12.6. The number of aliphatic hydroxyl groups is 1. The van der Waals surface area contributed by atoms with Gasteiger partial charge >= 0.3 is 174 Å². The molecule has 0 spiro atoms. The Balaban J connectivity index is -0.000000192. The van der Waals surface area contributed by atoms with Gasteiger partial charge in [0.15, 0.2) is 17.0 Å². The number of ketones is 2. The molecule has 1 heterocycles. The number of allylic oxidation sites excluding steroid dienone is 2. The number of aliphatic hydroxyl groups excluding tert-OH is 1. The molecule has 4 aliphatic rings. The quantitative estimate of drug-likeness (QED) is 0.0308. The average Bonchev–Trinajstić information content (AvgIpc) is 0.929. The van der Waals surface area contributed by atoms with Crippen molar-refractivity contribution in [2.75, 3.05) is 27.6 Å². The first-order valence-corrected chi connectivity index (χ1v) is 48.7. The number of rotatable bonds is 7. The molecule has 1 unspecified atom stereocenters. The zero-order valence-electron chi connectivity index (χ0n) is 57.6. The van der Waals surface area contributed by atoms with Crippen LogP contribution in [0.5, 0.6) is 0 Å². The van der Waals surface area contributed by atoms with Crippen molar-refractivity contribution in [2.24, 2.45) is 33.5 Å². The number of benzene rings is 1. The maximum Gasteiger partial charge on any atom is 2.00 e. The molecule has 0 aromatic heterocycles. The van der Waals surface area contributed by atoms with Gasteiger partial charge in [-0.05, 0) is 60.5 Å². The first-order valence-electron chi connectivity index (χ1n) is 28.4. The summed E-state index contributed by atoms with van der Waals surface area (Å²) in [5, 5.41) is 10.1. The van der Waals surface area contributed by atoms with Crippen molar-refractivity contribution in [3.63, 3.8) is 0 Å². The van der Waals surface area contributed by atoms with Crippen molar-refractivity contribution in [2.45, 2.75) is 191 Å². The summed E-state index contributed by atoms with van der Waals surface area (Å²) in [5.41, 5.74) is 12.8. The van der Waals surface area contributed by atoms with Crippen molar-refractivity contribution in [1.82, 2.24) is 0 Å². The zero-order valence-corrected chi connectivity index (χ0v) is 70.2. The molecule has 1 fully saturated rings. The first-order chi connectivity index (χ1) is 39.1. The Kier molecular flexibility index (Phi) is 49.5. The van der Waals surface area contributed by atoms with Crippen LogP contribution in [0.15, 0.2) is 47.2 Å². The zero-order chi connectivity index (χ0) is 66.6. The molecule has 1 aromatic carbocycles. The van der Waals surface area contributed by atoms with E-state index in [9.17, 15) is 33.9 Å². The monoisotopic (exact) mass is 1620 g/mol. The molecule has 89 heavy (non-hydrogen) atoms. The Morgan fingerprint density at radius 1 is 0.742 bits per heavy atom. The Labute approximate surface area is 599 Å². The normalized spacial score (nSPS) is 19.0. The van der Waals surface area contributed by atoms with Crippen LogP contribution in [0.4, 0.5) is 4.70 Å². The van der Waals surface area contributed by atoms with Crippen molar-refractivity contribution in [3.8, 4) is 56.2 Å². The van der Waals surface area contributed by atoms with Crippen LogP contribution in [0.3, 0.4) is 0 Å². The molecule has 1 saturated carbocycles. The van der Waals surface area contributed by atoms with Crippen LogP contribution in [0.25, 0.3) is 0 Å². The summed E-state index contributed by atoms with van der Waals surface area (Å²) < 4.78 is 24.0. The Morgan fingerprint density at radius 2 is 1.20 bits per heavy atom. The molecular formula is C67H106Br2CuFIMgO11SSi4. The molecule has 3 atom stereocenters. The predicted molar refractivity (Wildman–Crippen MR) is 389 cm³/mol. The van der Waals surface area contributed by atoms with E-state index in [1.165, 1.54) is 21.3 Å². The molecule has 503 valence electrons. The second-order valence-corrected chi connectivity index (χ2v) is 49.4. The third-order valence-electron chi connectivity index (χ3n) is 13.5. The number of thiol groups is 1. The van der Waals surface area contributed by atoms with Gasteiger partial charge in [0, 0.05) is 39.4 Å². The number of Topliss-reactive ketones (excluding diaryl/α,β-unsaturated/α-hetero) is 2. The molecule has 22 heteroatoms. The van der Waals surface area contributed by atoms with Gasteiger partial charge in [-0.1, -0.05) is 112 Å². The largest absolute Gasteiger partial charge is 2.00 e. The molecule has 0 amide bonds. The van der Waals surface area contributed by atoms with Gasteiger partial charge in [0.1, 0.15) is 30.0 Å². The fraction of sp³-hybridized carbons (Fsp3) is 0.582. The first kappa shape index (κ1) is 97.7. The number of ether oxygens (including phenoxy) is 3. The van der Waals surface area contributed by atoms with Crippen LogP contribution in [0.2, 0.25) is 78.6 Å². The summed E-state index contributed by atoms with van der Waals surface area (Å²) in [6, 6.07) is 7.61. The molecule has 5 rings (SSSR count). The van der Waals surface area contributed by atoms with Crippen molar-refractivity contribution in [3.05, 3.63) is 70.7 Å². The molecule has 0 saturated heterocycles. The minimum atomic E-state index is -2.00. The number of esters is 3. The third-order valence-corrected chi connectivity index (χ3v) is 21.2. The van der Waals surface area contributed by atoms with Crippen molar-refractivity contribution in [1.29, 1.82) is 0 Å². The van der Waals surface area contributed by atoms with E-state index in [1.807, 2.05) is 38.1 Å².